The molecule has 1 unspecified atom stereocenters. The highest BCUT2D eigenvalue weighted by molar-refractivity contribution is 6.35. The van der Waals surface area contributed by atoms with Crippen molar-refractivity contribution in [2.45, 2.75) is 12.3 Å². The summed E-state index contributed by atoms with van der Waals surface area (Å²) < 4.78 is 7.26. The molecule has 1 atom stereocenters. The van der Waals surface area contributed by atoms with Gasteiger partial charge in [-0.1, -0.05) is 17.7 Å². The van der Waals surface area contributed by atoms with E-state index in [1.165, 1.54) is 5.56 Å². The van der Waals surface area contributed by atoms with Gasteiger partial charge in [0, 0.05) is 19.6 Å². The number of aryl methyl sites for hydroxylation is 1. The van der Waals surface area contributed by atoms with Gasteiger partial charge in [0.05, 0.1) is 22.7 Å². The first kappa shape index (κ1) is 13.5. The van der Waals surface area contributed by atoms with Crippen LogP contribution in [0.15, 0.2) is 12.1 Å². The van der Waals surface area contributed by atoms with Crippen LogP contribution in [0.25, 0.3) is 11.0 Å². The van der Waals surface area contributed by atoms with E-state index in [4.69, 9.17) is 22.1 Å². The van der Waals surface area contributed by atoms with Crippen LogP contribution in [-0.4, -0.2) is 22.8 Å². The molecular formula is C12H15Cl2N3O. The van der Waals surface area contributed by atoms with Gasteiger partial charge >= 0.3 is 0 Å². The summed E-state index contributed by atoms with van der Waals surface area (Å²) in [7, 11) is 1.88. The van der Waals surface area contributed by atoms with Gasteiger partial charge in [-0.2, -0.15) is 0 Å². The van der Waals surface area contributed by atoms with Gasteiger partial charge in [-0.15, -0.1) is 12.4 Å². The average Bonchev–Trinajstić information content (AvgIpc) is 2.90. The van der Waals surface area contributed by atoms with Crippen LogP contribution in [0.4, 0.5) is 5.95 Å². The third-order valence-corrected chi connectivity index (χ3v) is 3.71. The topological polar surface area (TPSA) is 53.1 Å². The van der Waals surface area contributed by atoms with Crippen LogP contribution in [0.1, 0.15) is 17.9 Å². The maximum Gasteiger partial charge on any atom is 0.200 e. The Bertz CT molecular complexity index is 576. The molecule has 6 heteroatoms. The fourth-order valence-corrected chi connectivity index (χ4v) is 2.70. The largest absolute Gasteiger partial charge is 0.381 e. The zero-order valence-electron chi connectivity index (χ0n) is 10.0. The highest BCUT2D eigenvalue weighted by atomic mass is 35.5. The van der Waals surface area contributed by atoms with Crippen LogP contribution >= 0.6 is 24.0 Å². The van der Waals surface area contributed by atoms with Gasteiger partial charge in [0.1, 0.15) is 0 Å². The number of hydrogen-bond acceptors (Lipinski definition) is 3. The van der Waals surface area contributed by atoms with Crippen molar-refractivity contribution in [3.8, 4) is 0 Å². The van der Waals surface area contributed by atoms with Gasteiger partial charge in [0.25, 0.3) is 0 Å². The molecule has 0 spiro atoms. The molecule has 1 aliphatic heterocycles. The maximum atomic E-state index is 6.21. The second-order valence-electron chi connectivity index (χ2n) is 4.42. The van der Waals surface area contributed by atoms with Crippen LogP contribution in [-0.2, 0) is 11.8 Å². The molecule has 0 radical (unpaired) electrons. The highest BCUT2D eigenvalue weighted by Gasteiger charge is 2.23. The molecule has 1 saturated heterocycles. The van der Waals surface area contributed by atoms with Crippen molar-refractivity contribution in [2.24, 2.45) is 7.05 Å². The van der Waals surface area contributed by atoms with E-state index in [-0.39, 0.29) is 12.4 Å². The smallest absolute Gasteiger partial charge is 0.200 e. The van der Waals surface area contributed by atoms with Gasteiger partial charge < -0.3 is 15.0 Å². The van der Waals surface area contributed by atoms with Crippen molar-refractivity contribution >= 4 is 41.0 Å². The number of nitrogens with two attached hydrogens (primary N) is 1. The van der Waals surface area contributed by atoms with E-state index in [0.29, 0.717) is 16.9 Å². The van der Waals surface area contributed by atoms with Crippen LogP contribution in [0.5, 0.6) is 0 Å². The number of anilines is 1. The number of aromatic nitrogens is 2. The summed E-state index contributed by atoms with van der Waals surface area (Å²) in [5, 5.41) is 0.689. The molecule has 2 aromatic rings. The Morgan fingerprint density at radius 1 is 1.50 bits per heavy atom. The molecule has 98 valence electrons. The number of imidazole rings is 1. The van der Waals surface area contributed by atoms with Crippen molar-refractivity contribution < 1.29 is 4.74 Å². The summed E-state index contributed by atoms with van der Waals surface area (Å²) in [5.74, 6) is 0.900. The summed E-state index contributed by atoms with van der Waals surface area (Å²) in [6.45, 7) is 1.57. The summed E-state index contributed by atoms with van der Waals surface area (Å²) >= 11 is 6.21. The van der Waals surface area contributed by atoms with Crippen molar-refractivity contribution in [1.29, 1.82) is 0 Å². The molecule has 1 fully saturated rings. The standard InChI is InChI=1S/C12H14ClN3O.ClH/c1-16-11-9(13)3-2-8(7-4-5-17-6-7)10(11)15-12(16)14;/h2-3,7H,4-6H2,1H3,(H2,14,15);1H. The van der Waals surface area contributed by atoms with Gasteiger partial charge in [-0.25, -0.2) is 4.98 Å². The molecule has 18 heavy (non-hydrogen) atoms. The van der Waals surface area contributed by atoms with Gasteiger partial charge in [-0.05, 0) is 18.1 Å². The third kappa shape index (κ3) is 1.94. The molecule has 2 heterocycles. The lowest BCUT2D eigenvalue weighted by atomic mass is 9.97. The predicted octanol–water partition coefficient (Wildman–Crippen LogP) is 2.73. The number of nitrogen functional groups attached to an aromatic ring is 1. The summed E-state index contributed by atoms with van der Waals surface area (Å²) in [6.07, 6.45) is 1.03. The van der Waals surface area contributed by atoms with E-state index in [0.717, 1.165) is 30.7 Å². The minimum Gasteiger partial charge on any atom is -0.381 e. The van der Waals surface area contributed by atoms with E-state index in [2.05, 4.69) is 4.98 Å². The van der Waals surface area contributed by atoms with Crippen molar-refractivity contribution in [3.05, 3.63) is 22.7 Å². The van der Waals surface area contributed by atoms with Crippen molar-refractivity contribution in [1.82, 2.24) is 9.55 Å². The molecule has 0 aliphatic carbocycles. The number of rotatable bonds is 1. The summed E-state index contributed by atoms with van der Waals surface area (Å²) in [6, 6.07) is 3.95. The summed E-state index contributed by atoms with van der Waals surface area (Å²) in [5.41, 5.74) is 8.86. The molecule has 1 aromatic carbocycles. The van der Waals surface area contributed by atoms with Crippen LogP contribution < -0.4 is 5.73 Å². The minimum atomic E-state index is 0. The van der Waals surface area contributed by atoms with E-state index >= 15 is 0 Å². The predicted molar refractivity (Wildman–Crippen MR) is 75.6 cm³/mol. The minimum absolute atomic E-state index is 0. The van der Waals surface area contributed by atoms with Crippen LogP contribution in [0.2, 0.25) is 5.02 Å². The van der Waals surface area contributed by atoms with Gasteiger partial charge in [0.2, 0.25) is 5.95 Å². The first-order chi connectivity index (χ1) is 8.18. The number of ether oxygens (including phenoxy) is 1. The van der Waals surface area contributed by atoms with Gasteiger partial charge in [-0.3, -0.25) is 0 Å². The second-order valence-corrected chi connectivity index (χ2v) is 4.83. The maximum absolute atomic E-state index is 6.21. The molecule has 4 nitrogen and oxygen atoms in total. The van der Waals surface area contributed by atoms with E-state index in [1.54, 1.807) is 0 Å². The molecule has 2 N–H and O–H groups in total. The third-order valence-electron chi connectivity index (χ3n) is 3.41. The first-order valence-electron chi connectivity index (χ1n) is 5.66. The molecular weight excluding hydrogens is 273 g/mol. The Kier molecular flexibility index (Phi) is 3.71. The fraction of sp³-hybridized carbons (Fsp3) is 0.417. The fourth-order valence-electron chi connectivity index (χ4n) is 2.42. The number of nitrogens with zero attached hydrogens (tertiary/aromatic N) is 2. The van der Waals surface area contributed by atoms with E-state index < -0.39 is 0 Å². The van der Waals surface area contributed by atoms with Crippen LogP contribution in [0, 0.1) is 0 Å². The molecule has 0 bridgehead atoms. The number of hydrogen-bond donors (Lipinski definition) is 1. The Morgan fingerprint density at radius 3 is 2.94 bits per heavy atom. The zero-order valence-corrected chi connectivity index (χ0v) is 11.6. The Hall–Kier alpha value is -0.970. The Balaban J connectivity index is 0.00000120. The molecule has 3 rings (SSSR count). The molecule has 1 aromatic heterocycles. The zero-order chi connectivity index (χ0) is 12.0. The number of halogens is 2. The van der Waals surface area contributed by atoms with E-state index in [1.807, 2.05) is 23.7 Å². The summed E-state index contributed by atoms with van der Waals surface area (Å²) in [4.78, 5) is 4.42. The lowest BCUT2D eigenvalue weighted by Gasteiger charge is -2.09. The van der Waals surface area contributed by atoms with Crippen LogP contribution in [0.3, 0.4) is 0 Å². The van der Waals surface area contributed by atoms with Gasteiger partial charge in [0.15, 0.2) is 0 Å². The van der Waals surface area contributed by atoms with Crippen molar-refractivity contribution in [2.75, 3.05) is 18.9 Å². The monoisotopic (exact) mass is 287 g/mol. The Labute approximate surface area is 116 Å². The normalized spacial score (nSPS) is 19.1. The highest BCUT2D eigenvalue weighted by Crippen LogP contribution is 2.34. The Morgan fingerprint density at radius 2 is 2.28 bits per heavy atom. The molecule has 0 saturated carbocycles. The van der Waals surface area contributed by atoms with Crippen molar-refractivity contribution in [3.63, 3.8) is 0 Å². The second kappa shape index (κ2) is 4.96. The SMILES string of the molecule is Cl.Cn1c(N)nc2c(C3CCOC3)ccc(Cl)c21. The molecule has 1 aliphatic rings. The quantitative estimate of drug-likeness (QED) is 0.877. The number of fused-ring (bicyclic) bond motifs is 1. The average molecular weight is 288 g/mol. The first-order valence-corrected chi connectivity index (χ1v) is 6.04. The van der Waals surface area contributed by atoms with E-state index in [9.17, 15) is 0 Å². The lowest BCUT2D eigenvalue weighted by Crippen LogP contribution is -1.99. The number of benzene rings is 1. The lowest BCUT2D eigenvalue weighted by molar-refractivity contribution is 0.194. The molecule has 0 amide bonds.